The van der Waals surface area contributed by atoms with Crippen molar-refractivity contribution < 1.29 is 5.11 Å². The maximum Gasteiger partial charge on any atom is 0.156 e. The van der Waals surface area contributed by atoms with Gasteiger partial charge in [-0.05, 0) is 18.6 Å². The zero-order chi connectivity index (χ0) is 6.41. The average molecular weight is 148 g/mol. The third kappa shape index (κ3) is 6.06. The summed E-state index contributed by atoms with van der Waals surface area (Å²) in [5.41, 5.74) is 0. The van der Waals surface area contributed by atoms with Gasteiger partial charge in [-0.2, -0.15) is 0 Å². The summed E-state index contributed by atoms with van der Waals surface area (Å²) in [7, 11) is 2.46. The Kier molecular flexibility index (Phi) is 5.24. The highest BCUT2D eigenvalue weighted by Crippen LogP contribution is 1.94. The molecule has 0 bridgehead atoms. The number of allylic oxidation sites excluding steroid dienone is 1. The molecule has 0 spiro atoms. The van der Waals surface area contributed by atoms with E-state index < -0.39 is 0 Å². The summed E-state index contributed by atoms with van der Waals surface area (Å²) in [4.78, 5) is 0. The van der Waals surface area contributed by atoms with Crippen molar-refractivity contribution in [1.29, 1.82) is 0 Å². The van der Waals surface area contributed by atoms with Crippen LogP contribution in [0, 0.1) is 0 Å². The standard InChI is InChI=1S/C5H9OPS/c6-5(8)3-1-2-4-7/h2,4H,1,3,7H2,(H,6,8). The Labute approximate surface area is 57.0 Å². The van der Waals surface area contributed by atoms with Crippen LogP contribution >= 0.6 is 21.5 Å². The van der Waals surface area contributed by atoms with Crippen LogP contribution in [0.3, 0.4) is 0 Å². The highest BCUT2D eigenvalue weighted by atomic mass is 32.1. The summed E-state index contributed by atoms with van der Waals surface area (Å²) < 4.78 is 0. The van der Waals surface area contributed by atoms with Crippen LogP contribution in [0.5, 0.6) is 0 Å². The molecule has 3 heteroatoms. The summed E-state index contributed by atoms with van der Waals surface area (Å²) in [6.07, 6.45) is 3.37. The van der Waals surface area contributed by atoms with Crippen molar-refractivity contribution in [2.24, 2.45) is 0 Å². The summed E-state index contributed by atoms with van der Waals surface area (Å²) >= 11 is 4.42. The Bertz CT molecular complexity index is 101. The Morgan fingerprint density at radius 1 is 1.75 bits per heavy atom. The molecule has 1 atom stereocenters. The molecule has 0 saturated heterocycles. The van der Waals surface area contributed by atoms with Gasteiger partial charge in [0.15, 0.2) is 5.05 Å². The number of rotatable bonds is 3. The molecule has 46 valence electrons. The third-order valence-corrected chi connectivity index (χ3v) is 1.14. The van der Waals surface area contributed by atoms with Crippen molar-refractivity contribution >= 4 is 26.5 Å². The van der Waals surface area contributed by atoms with E-state index in [1.165, 1.54) is 0 Å². The minimum Gasteiger partial charge on any atom is -0.502 e. The number of thiocarbonyl (C=S) groups is 1. The maximum atomic E-state index is 8.47. The maximum absolute atomic E-state index is 8.47. The van der Waals surface area contributed by atoms with Gasteiger partial charge in [-0.25, -0.2) is 0 Å². The fourth-order valence-corrected chi connectivity index (χ4v) is 0.613. The molecule has 1 unspecified atom stereocenters. The van der Waals surface area contributed by atoms with Crippen molar-refractivity contribution in [2.75, 3.05) is 0 Å². The number of aliphatic hydroxyl groups is 1. The number of hydrogen-bond acceptors (Lipinski definition) is 1. The van der Waals surface area contributed by atoms with Gasteiger partial charge in [-0.3, -0.25) is 0 Å². The van der Waals surface area contributed by atoms with Crippen LogP contribution in [-0.4, -0.2) is 10.2 Å². The van der Waals surface area contributed by atoms with Crippen molar-refractivity contribution in [3.8, 4) is 0 Å². The number of hydrogen-bond donors (Lipinski definition) is 1. The first-order chi connectivity index (χ1) is 3.77. The zero-order valence-corrected chi connectivity index (χ0v) is 6.47. The lowest BCUT2D eigenvalue weighted by Crippen LogP contribution is -1.87. The molecule has 0 radical (unpaired) electrons. The second-order valence-electron chi connectivity index (χ2n) is 1.36. The molecule has 0 heterocycles. The first-order valence-corrected chi connectivity index (χ1v) is 3.43. The van der Waals surface area contributed by atoms with E-state index in [0.717, 1.165) is 6.42 Å². The molecule has 0 amide bonds. The first-order valence-electron chi connectivity index (χ1n) is 2.36. The zero-order valence-electron chi connectivity index (χ0n) is 4.50. The van der Waals surface area contributed by atoms with E-state index in [2.05, 4.69) is 21.5 Å². The Morgan fingerprint density at radius 2 is 2.38 bits per heavy atom. The summed E-state index contributed by atoms with van der Waals surface area (Å²) in [5, 5.41) is 8.56. The highest BCUT2D eigenvalue weighted by Gasteiger charge is 1.84. The highest BCUT2D eigenvalue weighted by molar-refractivity contribution is 7.80. The molecule has 0 aliphatic carbocycles. The molecule has 1 N–H and O–H groups in total. The van der Waals surface area contributed by atoms with Gasteiger partial charge in [0.1, 0.15) is 0 Å². The van der Waals surface area contributed by atoms with Crippen LogP contribution in [0.15, 0.2) is 11.9 Å². The molecule has 1 nitrogen and oxygen atoms in total. The van der Waals surface area contributed by atoms with E-state index in [4.69, 9.17) is 5.11 Å². The predicted octanol–water partition coefficient (Wildman–Crippen LogP) is 2.04. The average Bonchev–Trinajstić information content (AvgIpc) is 1.66. The van der Waals surface area contributed by atoms with E-state index in [9.17, 15) is 0 Å². The van der Waals surface area contributed by atoms with Crippen LogP contribution in [-0.2, 0) is 0 Å². The molecule has 0 aliphatic heterocycles. The molecule has 0 aromatic carbocycles. The van der Waals surface area contributed by atoms with E-state index in [0.29, 0.717) is 6.42 Å². The van der Waals surface area contributed by atoms with Crippen LogP contribution < -0.4 is 0 Å². The second kappa shape index (κ2) is 5.20. The van der Waals surface area contributed by atoms with Gasteiger partial charge < -0.3 is 5.11 Å². The first kappa shape index (κ1) is 8.06. The monoisotopic (exact) mass is 148 g/mol. The van der Waals surface area contributed by atoms with Gasteiger partial charge in [0.05, 0.1) is 0 Å². The van der Waals surface area contributed by atoms with Gasteiger partial charge in [0, 0.05) is 6.42 Å². The van der Waals surface area contributed by atoms with Gasteiger partial charge >= 0.3 is 0 Å². The number of aliphatic hydroxyl groups excluding tert-OH is 1. The molecular formula is C5H9OPS. The molecule has 0 aromatic rings. The minimum atomic E-state index is 0.0908. The Hall–Kier alpha value is 0.0600. The fraction of sp³-hybridized carbons (Fsp3) is 0.400. The molecule has 0 rings (SSSR count). The normalized spacial score (nSPS) is 10.1. The second-order valence-corrected chi connectivity index (χ2v) is 2.22. The van der Waals surface area contributed by atoms with Gasteiger partial charge in [-0.15, -0.1) is 9.24 Å². The van der Waals surface area contributed by atoms with Crippen LogP contribution in [0.4, 0.5) is 0 Å². The minimum absolute atomic E-state index is 0.0908. The molecule has 0 aromatic heterocycles. The largest absolute Gasteiger partial charge is 0.502 e. The fourth-order valence-electron chi connectivity index (χ4n) is 0.303. The molecule has 8 heavy (non-hydrogen) atoms. The van der Waals surface area contributed by atoms with Crippen molar-refractivity contribution in [3.05, 3.63) is 11.9 Å². The SMILES string of the molecule is OC(=S)CCC=CP. The Balaban J connectivity index is 3.05. The lowest BCUT2D eigenvalue weighted by molar-refractivity contribution is 0.549. The summed E-state index contributed by atoms with van der Waals surface area (Å²) in [6.45, 7) is 0. The predicted molar refractivity (Wildman–Crippen MR) is 43.3 cm³/mol. The summed E-state index contributed by atoms with van der Waals surface area (Å²) in [6, 6.07) is 0. The quantitative estimate of drug-likeness (QED) is 0.488. The topological polar surface area (TPSA) is 20.2 Å². The smallest absolute Gasteiger partial charge is 0.156 e. The van der Waals surface area contributed by atoms with Crippen molar-refractivity contribution in [1.82, 2.24) is 0 Å². The van der Waals surface area contributed by atoms with Crippen LogP contribution in [0.2, 0.25) is 0 Å². The van der Waals surface area contributed by atoms with E-state index in [1.54, 1.807) is 0 Å². The molecule has 0 saturated carbocycles. The van der Waals surface area contributed by atoms with E-state index in [1.807, 2.05) is 11.9 Å². The molecule has 0 aliphatic rings. The molecule has 0 fully saturated rings. The van der Waals surface area contributed by atoms with Crippen LogP contribution in [0.25, 0.3) is 0 Å². The summed E-state index contributed by atoms with van der Waals surface area (Å²) in [5.74, 6) is 1.86. The lowest BCUT2D eigenvalue weighted by atomic mass is 10.3. The van der Waals surface area contributed by atoms with Crippen LogP contribution in [0.1, 0.15) is 12.8 Å². The van der Waals surface area contributed by atoms with Gasteiger partial charge in [0.2, 0.25) is 0 Å². The van der Waals surface area contributed by atoms with Crippen molar-refractivity contribution in [3.63, 3.8) is 0 Å². The van der Waals surface area contributed by atoms with E-state index >= 15 is 0 Å². The Morgan fingerprint density at radius 3 is 2.75 bits per heavy atom. The van der Waals surface area contributed by atoms with Crippen molar-refractivity contribution in [2.45, 2.75) is 12.8 Å². The molecular weight excluding hydrogens is 139 g/mol. The third-order valence-electron chi connectivity index (χ3n) is 0.661. The lowest BCUT2D eigenvalue weighted by Gasteiger charge is -1.87. The van der Waals surface area contributed by atoms with E-state index in [-0.39, 0.29) is 5.05 Å². The van der Waals surface area contributed by atoms with Gasteiger partial charge in [0.25, 0.3) is 0 Å². The van der Waals surface area contributed by atoms with Gasteiger partial charge in [-0.1, -0.05) is 11.9 Å².